The second-order valence-electron chi connectivity index (χ2n) is 2.59. The lowest BCUT2D eigenvalue weighted by molar-refractivity contribution is 0.0587. The monoisotopic (exact) mass is 193 g/mol. The Morgan fingerprint density at radius 2 is 2.36 bits per heavy atom. The molecule has 0 spiro atoms. The van der Waals surface area contributed by atoms with Gasteiger partial charge < -0.3 is 9.84 Å². The van der Waals surface area contributed by atoms with Crippen molar-refractivity contribution in [3.05, 3.63) is 24.2 Å². The maximum Gasteiger partial charge on any atom is 0.360 e. The van der Waals surface area contributed by atoms with Crippen LogP contribution in [0.2, 0.25) is 0 Å². The predicted octanol–water partition coefficient (Wildman–Crippen LogP) is 0.221. The van der Waals surface area contributed by atoms with Crippen LogP contribution in [0.15, 0.2) is 18.5 Å². The first-order valence-electron chi connectivity index (χ1n) is 3.84. The summed E-state index contributed by atoms with van der Waals surface area (Å²) in [6.45, 7) is 0. The van der Waals surface area contributed by atoms with E-state index >= 15 is 0 Å². The molecule has 0 saturated carbocycles. The number of esters is 1. The van der Waals surface area contributed by atoms with Crippen LogP contribution >= 0.6 is 0 Å². The van der Waals surface area contributed by atoms with Gasteiger partial charge in [-0.3, -0.25) is 0 Å². The van der Waals surface area contributed by atoms with E-state index in [1.165, 1.54) is 24.0 Å². The Balaban J connectivity index is 2.76. The molecule has 0 aromatic carbocycles. The molecule has 2 aromatic rings. The van der Waals surface area contributed by atoms with Crippen LogP contribution in [0.4, 0.5) is 0 Å². The third kappa shape index (κ3) is 1.08. The van der Waals surface area contributed by atoms with E-state index in [-0.39, 0.29) is 11.4 Å². The molecule has 0 radical (unpaired) electrons. The summed E-state index contributed by atoms with van der Waals surface area (Å²) in [5.41, 5.74) is 0.450. The molecular weight excluding hydrogens is 186 g/mol. The average molecular weight is 193 g/mol. The molecule has 2 rings (SSSR count). The highest BCUT2D eigenvalue weighted by atomic mass is 16.5. The number of ether oxygens (including phenoxy) is 1. The molecule has 0 saturated heterocycles. The number of carbonyl (C=O) groups excluding carboxylic acids is 1. The van der Waals surface area contributed by atoms with Gasteiger partial charge in [-0.2, -0.15) is 5.10 Å². The molecule has 0 atom stereocenters. The lowest BCUT2D eigenvalue weighted by atomic mass is 10.3. The molecule has 6 nitrogen and oxygen atoms in total. The highest BCUT2D eigenvalue weighted by Gasteiger charge is 2.16. The van der Waals surface area contributed by atoms with Gasteiger partial charge in [0.25, 0.3) is 0 Å². The van der Waals surface area contributed by atoms with E-state index < -0.39 is 5.97 Å². The summed E-state index contributed by atoms with van der Waals surface area (Å²) in [5, 5.41) is 13.2. The summed E-state index contributed by atoms with van der Waals surface area (Å²) < 4.78 is 5.73. The first-order chi connectivity index (χ1) is 6.74. The zero-order valence-electron chi connectivity index (χ0n) is 7.34. The van der Waals surface area contributed by atoms with E-state index in [0.717, 1.165) is 0 Å². The molecular formula is C8H7N3O3. The van der Waals surface area contributed by atoms with Gasteiger partial charge in [-0.1, -0.05) is 0 Å². The van der Waals surface area contributed by atoms with Crippen molar-refractivity contribution >= 4 is 11.6 Å². The lowest BCUT2D eigenvalue weighted by Crippen LogP contribution is -2.09. The Kier molecular flexibility index (Phi) is 1.81. The molecule has 2 aromatic heterocycles. The summed E-state index contributed by atoms with van der Waals surface area (Å²) in [6, 6.07) is 2.92. The third-order valence-corrected chi connectivity index (χ3v) is 1.80. The van der Waals surface area contributed by atoms with E-state index in [9.17, 15) is 9.90 Å². The van der Waals surface area contributed by atoms with Gasteiger partial charge in [0.15, 0.2) is 11.3 Å². The molecule has 0 bridgehead atoms. The number of rotatable bonds is 1. The molecule has 72 valence electrons. The van der Waals surface area contributed by atoms with E-state index in [2.05, 4.69) is 14.8 Å². The minimum absolute atomic E-state index is 0.0255. The van der Waals surface area contributed by atoms with Crippen molar-refractivity contribution in [3.8, 4) is 5.75 Å². The quantitative estimate of drug-likeness (QED) is 0.655. The highest BCUT2D eigenvalue weighted by molar-refractivity contribution is 5.91. The van der Waals surface area contributed by atoms with Crippen molar-refractivity contribution in [2.75, 3.05) is 7.11 Å². The topological polar surface area (TPSA) is 76.7 Å². The van der Waals surface area contributed by atoms with Crippen LogP contribution in [-0.4, -0.2) is 32.8 Å². The standard InChI is InChI=1S/C8H7N3O3/c1-14-8(13)7-5(12)2-3-6-9-4-10-11(6)7/h2-4,12H,1H3. The lowest BCUT2D eigenvalue weighted by Gasteiger charge is -2.03. The van der Waals surface area contributed by atoms with E-state index in [4.69, 9.17) is 0 Å². The van der Waals surface area contributed by atoms with Gasteiger partial charge >= 0.3 is 5.97 Å². The normalized spacial score (nSPS) is 10.4. The van der Waals surface area contributed by atoms with Gasteiger partial charge in [-0.05, 0) is 12.1 Å². The number of aromatic hydroxyl groups is 1. The van der Waals surface area contributed by atoms with E-state index in [0.29, 0.717) is 5.65 Å². The maximum atomic E-state index is 11.3. The second kappa shape index (κ2) is 2.99. The number of hydrogen-bond acceptors (Lipinski definition) is 5. The fourth-order valence-corrected chi connectivity index (χ4v) is 1.16. The van der Waals surface area contributed by atoms with Crippen LogP contribution in [0, 0.1) is 0 Å². The Morgan fingerprint density at radius 1 is 1.57 bits per heavy atom. The van der Waals surface area contributed by atoms with Crippen LogP contribution in [0.25, 0.3) is 5.65 Å². The number of carbonyl (C=O) groups is 1. The predicted molar refractivity (Wildman–Crippen MR) is 46.0 cm³/mol. The van der Waals surface area contributed by atoms with Crippen molar-refractivity contribution in [2.24, 2.45) is 0 Å². The van der Waals surface area contributed by atoms with Crippen molar-refractivity contribution in [2.45, 2.75) is 0 Å². The molecule has 0 unspecified atom stereocenters. The molecule has 0 aliphatic carbocycles. The van der Waals surface area contributed by atoms with Crippen molar-refractivity contribution in [1.82, 2.24) is 14.6 Å². The molecule has 6 heteroatoms. The largest absolute Gasteiger partial charge is 0.505 e. The summed E-state index contributed by atoms with van der Waals surface area (Å²) in [6.07, 6.45) is 1.29. The van der Waals surface area contributed by atoms with Crippen molar-refractivity contribution < 1.29 is 14.6 Å². The minimum atomic E-state index is -0.654. The first kappa shape index (κ1) is 8.49. The minimum Gasteiger partial charge on any atom is -0.505 e. The molecule has 14 heavy (non-hydrogen) atoms. The molecule has 2 heterocycles. The Hall–Kier alpha value is -2.11. The smallest absolute Gasteiger partial charge is 0.360 e. The van der Waals surface area contributed by atoms with Crippen LogP contribution in [-0.2, 0) is 4.74 Å². The van der Waals surface area contributed by atoms with Crippen molar-refractivity contribution in [1.29, 1.82) is 0 Å². The fourth-order valence-electron chi connectivity index (χ4n) is 1.16. The van der Waals surface area contributed by atoms with Crippen LogP contribution in [0.5, 0.6) is 5.75 Å². The van der Waals surface area contributed by atoms with Crippen LogP contribution in [0.1, 0.15) is 10.5 Å². The van der Waals surface area contributed by atoms with Gasteiger partial charge in [0, 0.05) is 0 Å². The number of fused-ring (bicyclic) bond motifs is 1. The maximum absolute atomic E-state index is 11.3. The van der Waals surface area contributed by atoms with Gasteiger partial charge in [0.05, 0.1) is 7.11 Å². The zero-order chi connectivity index (χ0) is 10.1. The molecule has 1 N–H and O–H groups in total. The first-order valence-corrected chi connectivity index (χ1v) is 3.84. The Morgan fingerprint density at radius 3 is 3.07 bits per heavy atom. The van der Waals surface area contributed by atoms with Crippen LogP contribution < -0.4 is 0 Å². The SMILES string of the molecule is COC(=O)c1c(O)ccc2ncnn12. The van der Waals surface area contributed by atoms with Gasteiger partial charge in [-0.25, -0.2) is 14.3 Å². The molecule has 0 amide bonds. The number of nitrogens with zero attached hydrogens (tertiary/aromatic N) is 3. The third-order valence-electron chi connectivity index (χ3n) is 1.80. The zero-order valence-corrected chi connectivity index (χ0v) is 7.34. The summed E-state index contributed by atoms with van der Waals surface area (Å²) in [7, 11) is 1.23. The van der Waals surface area contributed by atoms with Gasteiger partial charge in [0.1, 0.15) is 12.1 Å². The average Bonchev–Trinajstić information content (AvgIpc) is 2.64. The van der Waals surface area contributed by atoms with Gasteiger partial charge in [-0.15, -0.1) is 0 Å². The highest BCUT2D eigenvalue weighted by Crippen LogP contribution is 2.17. The summed E-state index contributed by atoms with van der Waals surface area (Å²) in [4.78, 5) is 15.1. The second-order valence-corrected chi connectivity index (χ2v) is 2.59. The fraction of sp³-hybridized carbons (Fsp3) is 0.125. The summed E-state index contributed by atoms with van der Waals surface area (Å²) >= 11 is 0. The summed E-state index contributed by atoms with van der Waals surface area (Å²) in [5.74, 6) is -0.839. The number of methoxy groups -OCH3 is 1. The molecule has 0 aliphatic rings. The molecule has 0 aliphatic heterocycles. The number of aromatic nitrogens is 3. The van der Waals surface area contributed by atoms with Crippen molar-refractivity contribution in [3.63, 3.8) is 0 Å². The van der Waals surface area contributed by atoms with E-state index in [1.54, 1.807) is 6.07 Å². The van der Waals surface area contributed by atoms with E-state index in [1.807, 2.05) is 0 Å². The Bertz CT molecular complexity index is 492. The molecule has 0 fully saturated rings. The Labute approximate surface area is 78.8 Å². The number of hydrogen-bond donors (Lipinski definition) is 1. The van der Waals surface area contributed by atoms with Crippen LogP contribution in [0.3, 0.4) is 0 Å². The number of pyridine rings is 1. The van der Waals surface area contributed by atoms with Gasteiger partial charge in [0.2, 0.25) is 0 Å².